The number of rotatable bonds is 8. The van der Waals surface area contributed by atoms with E-state index in [1.165, 1.54) is 0 Å². The zero-order valence-corrected chi connectivity index (χ0v) is 14.2. The van der Waals surface area contributed by atoms with Gasteiger partial charge in [0.15, 0.2) is 11.5 Å². The Kier molecular flexibility index (Phi) is 6.02. The van der Waals surface area contributed by atoms with E-state index >= 15 is 0 Å². The van der Waals surface area contributed by atoms with Gasteiger partial charge < -0.3 is 18.9 Å². The first-order valence-corrected chi connectivity index (χ1v) is 7.67. The van der Waals surface area contributed by atoms with Gasteiger partial charge in [0, 0.05) is 19.8 Å². The molecule has 124 valence electrons. The van der Waals surface area contributed by atoms with Crippen molar-refractivity contribution in [3.63, 3.8) is 0 Å². The van der Waals surface area contributed by atoms with Gasteiger partial charge in [0.2, 0.25) is 5.79 Å². The van der Waals surface area contributed by atoms with Crippen LogP contribution in [0, 0.1) is 6.92 Å². The minimum atomic E-state index is -0.963. The number of ether oxygens (including phenoxy) is 4. The van der Waals surface area contributed by atoms with E-state index in [2.05, 4.69) is 0 Å². The second-order valence-electron chi connectivity index (χ2n) is 5.20. The van der Waals surface area contributed by atoms with Gasteiger partial charge in [0.1, 0.15) is 6.61 Å². The van der Waals surface area contributed by atoms with Gasteiger partial charge >= 0.3 is 0 Å². The van der Waals surface area contributed by atoms with Crippen molar-refractivity contribution in [2.75, 3.05) is 27.4 Å². The van der Waals surface area contributed by atoms with Crippen LogP contribution < -0.4 is 9.47 Å². The molecule has 0 heterocycles. The Labute approximate surface area is 137 Å². The summed E-state index contributed by atoms with van der Waals surface area (Å²) in [4.78, 5) is 0. The summed E-state index contributed by atoms with van der Waals surface area (Å²) in [6, 6.07) is 15.6. The van der Waals surface area contributed by atoms with Crippen molar-refractivity contribution < 1.29 is 18.9 Å². The highest BCUT2D eigenvalue weighted by Gasteiger charge is 2.33. The first-order valence-electron chi connectivity index (χ1n) is 7.67. The smallest absolute Gasteiger partial charge is 0.229 e. The fraction of sp³-hybridized carbons (Fsp3) is 0.368. The molecule has 0 atom stereocenters. The molecule has 4 nitrogen and oxygen atoms in total. The molecule has 0 aliphatic carbocycles. The van der Waals surface area contributed by atoms with Crippen molar-refractivity contribution in [1.29, 1.82) is 0 Å². The number of hydrogen-bond donors (Lipinski definition) is 0. The Morgan fingerprint density at radius 1 is 0.870 bits per heavy atom. The molecule has 0 saturated heterocycles. The molecule has 2 rings (SSSR count). The topological polar surface area (TPSA) is 36.9 Å². The average molecular weight is 316 g/mol. The highest BCUT2D eigenvalue weighted by Crippen LogP contribution is 2.32. The standard InChI is InChI=1S/C19H24O4/c1-5-22-18-13-15(2)11-12-17(18)23-14-19(20-3,21-4)16-9-7-6-8-10-16/h6-13H,5,14H2,1-4H3. The van der Waals surface area contributed by atoms with E-state index in [1.807, 2.05) is 62.4 Å². The molecule has 4 heteroatoms. The van der Waals surface area contributed by atoms with Crippen molar-refractivity contribution in [3.8, 4) is 11.5 Å². The van der Waals surface area contributed by atoms with Crippen molar-refractivity contribution in [2.45, 2.75) is 19.6 Å². The molecule has 0 bridgehead atoms. The molecule has 0 spiro atoms. The van der Waals surface area contributed by atoms with E-state index in [0.717, 1.165) is 16.9 Å². The molecular formula is C19H24O4. The second kappa shape index (κ2) is 7.99. The average Bonchev–Trinajstić information content (AvgIpc) is 2.59. The van der Waals surface area contributed by atoms with Crippen LogP contribution in [-0.4, -0.2) is 27.4 Å². The molecule has 0 unspecified atom stereocenters. The van der Waals surface area contributed by atoms with E-state index < -0.39 is 5.79 Å². The lowest BCUT2D eigenvalue weighted by Gasteiger charge is -2.31. The summed E-state index contributed by atoms with van der Waals surface area (Å²) in [6.45, 7) is 4.76. The lowest BCUT2D eigenvalue weighted by Crippen LogP contribution is -2.37. The van der Waals surface area contributed by atoms with Crippen molar-refractivity contribution in [2.24, 2.45) is 0 Å². The zero-order chi connectivity index (χ0) is 16.7. The van der Waals surface area contributed by atoms with Crippen LogP contribution >= 0.6 is 0 Å². The maximum absolute atomic E-state index is 5.97. The minimum Gasteiger partial charge on any atom is -0.490 e. The first kappa shape index (κ1) is 17.3. The van der Waals surface area contributed by atoms with Crippen molar-refractivity contribution in [1.82, 2.24) is 0 Å². The Balaban J connectivity index is 2.23. The molecule has 2 aromatic carbocycles. The maximum Gasteiger partial charge on any atom is 0.229 e. The molecule has 0 aromatic heterocycles. The molecule has 0 aliphatic heterocycles. The van der Waals surface area contributed by atoms with Gasteiger partial charge in [-0.1, -0.05) is 36.4 Å². The summed E-state index contributed by atoms with van der Waals surface area (Å²) >= 11 is 0. The maximum atomic E-state index is 5.97. The Bertz CT molecular complexity index is 606. The zero-order valence-electron chi connectivity index (χ0n) is 14.2. The first-order chi connectivity index (χ1) is 11.1. The van der Waals surface area contributed by atoms with Crippen LogP contribution in [0.15, 0.2) is 48.5 Å². The van der Waals surface area contributed by atoms with Gasteiger partial charge in [-0.3, -0.25) is 0 Å². The summed E-state index contributed by atoms with van der Waals surface area (Å²) in [6.07, 6.45) is 0. The quantitative estimate of drug-likeness (QED) is 0.692. The van der Waals surface area contributed by atoms with Gasteiger partial charge in [-0.15, -0.1) is 0 Å². The van der Waals surface area contributed by atoms with Gasteiger partial charge in [0.05, 0.1) is 6.61 Å². The third kappa shape index (κ3) is 4.03. The molecular weight excluding hydrogens is 292 g/mol. The summed E-state index contributed by atoms with van der Waals surface area (Å²) in [5.41, 5.74) is 2.02. The van der Waals surface area contributed by atoms with E-state index in [4.69, 9.17) is 18.9 Å². The molecule has 0 saturated carbocycles. The lowest BCUT2D eigenvalue weighted by atomic mass is 10.1. The highest BCUT2D eigenvalue weighted by atomic mass is 16.7. The van der Waals surface area contributed by atoms with Gasteiger partial charge in [-0.25, -0.2) is 0 Å². The monoisotopic (exact) mass is 316 g/mol. The molecule has 2 aromatic rings. The van der Waals surface area contributed by atoms with Gasteiger partial charge in [-0.05, 0) is 31.5 Å². The van der Waals surface area contributed by atoms with Crippen LogP contribution in [0.3, 0.4) is 0 Å². The molecule has 23 heavy (non-hydrogen) atoms. The fourth-order valence-electron chi connectivity index (χ4n) is 2.39. The third-order valence-electron chi connectivity index (χ3n) is 3.69. The van der Waals surface area contributed by atoms with Crippen molar-refractivity contribution >= 4 is 0 Å². The largest absolute Gasteiger partial charge is 0.490 e. The summed E-state index contributed by atoms with van der Waals surface area (Å²) in [5.74, 6) is 0.434. The highest BCUT2D eigenvalue weighted by molar-refractivity contribution is 5.42. The van der Waals surface area contributed by atoms with Crippen LogP contribution in [-0.2, 0) is 15.3 Å². The molecule has 0 fully saturated rings. The second-order valence-corrected chi connectivity index (χ2v) is 5.20. The fourth-order valence-corrected chi connectivity index (χ4v) is 2.39. The van der Waals surface area contributed by atoms with Gasteiger partial charge in [-0.2, -0.15) is 0 Å². The third-order valence-corrected chi connectivity index (χ3v) is 3.69. The minimum absolute atomic E-state index is 0.215. The predicted octanol–water partition coefficient (Wildman–Crippen LogP) is 3.92. The van der Waals surface area contributed by atoms with E-state index in [-0.39, 0.29) is 6.61 Å². The number of methoxy groups -OCH3 is 2. The number of benzene rings is 2. The summed E-state index contributed by atoms with van der Waals surface area (Å²) in [5, 5.41) is 0. The summed E-state index contributed by atoms with van der Waals surface area (Å²) in [7, 11) is 3.22. The Morgan fingerprint density at radius 2 is 1.57 bits per heavy atom. The van der Waals surface area contributed by atoms with Crippen LogP contribution in [0.2, 0.25) is 0 Å². The van der Waals surface area contributed by atoms with E-state index in [0.29, 0.717) is 12.4 Å². The van der Waals surface area contributed by atoms with Crippen LogP contribution in [0.1, 0.15) is 18.1 Å². The SMILES string of the molecule is CCOc1cc(C)ccc1OCC(OC)(OC)c1ccccc1. The lowest BCUT2D eigenvalue weighted by molar-refractivity contribution is -0.231. The molecule has 0 N–H and O–H groups in total. The van der Waals surface area contributed by atoms with E-state index in [9.17, 15) is 0 Å². The van der Waals surface area contributed by atoms with Crippen LogP contribution in [0.4, 0.5) is 0 Å². The molecule has 0 amide bonds. The van der Waals surface area contributed by atoms with E-state index in [1.54, 1.807) is 14.2 Å². The molecule has 0 radical (unpaired) electrons. The molecule has 0 aliphatic rings. The Morgan fingerprint density at radius 3 is 2.17 bits per heavy atom. The Hall–Kier alpha value is -2.04. The van der Waals surface area contributed by atoms with Crippen LogP contribution in [0.5, 0.6) is 11.5 Å². The summed E-state index contributed by atoms with van der Waals surface area (Å²) < 4.78 is 22.9. The number of hydrogen-bond acceptors (Lipinski definition) is 4. The van der Waals surface area contributed by atoms with Gasteiger partial charge in [0.25, 0.3) is 0 Å². The van der Waals surface area contributed by atoms with Crippen molar-refractivity contribution in [3.05, 3.63) is 59.7 Å². The normalized spacial score (nSPS) is 11.3. The number of aryl methyl sites for hydroxylation is 1. The van der Waals surface area contributed by atoms with Crippen LogP contribution in [0.25, 0.3) is 0 Å². The predicted molar refractivity (Wildman–Crippen MR) is 90.0 cm³/mol.